The Morgan fingerprint density at radius 1 is 1.10 bits per heavy atom. The van der Waals surface area contributed by atoms with Gasteiger partial charge in [-0.25, -0.2) is 0 Å². The molecule has 0 aliphatic heterocycles. The van der Waals surface area contributed by atoms with Crippen LogP contribution in [0.5, 0.6) is 5.75 Å². The van der Waals surface area contributed by atoms with Crippen LogP contribution in [-0.2, 0) is 6.54 Å². The minimum Gasteiger partial charge on any atom is -0.494 e. The van der Waals surface area contributed by atoms with Crippen LogP contribution in [0.25, 0.3) is 0 Å². The topological polar surface area (TPSA) is 64.3 Å². The molecule has 3 N–H and O–H groups in total. The van der Waals surface area contributed by atoms with Gasteiger partial charge in [-0.3, -0.25) is 4.79 Å². The lowest BCUT2D eigenvalue weighted by Gasteiger charge is -2.08. The van der Waals surface area contributed by atoms with Crippen molar-refractivity contribution >= 4 is 11.6 Å². The molecule has 2 rings (SSSR count). The summed E-state index contributed by atoms with van der Waals surface area (Å²) in [5.74, 6) is 0.458. The number of carbonyl (C=O) groups is 1. The summed E-state index contributed by atoms with van der Waals surface area (Å²) in [4.78, 5) is 11.0. The van der Waals surface area contributed by atoms with Crippen molar-refractivity contribution in [2.45, 2.75) is 13.5 Å². The molecule has 0 saturated carbocycles. The van der Waals surface area contributed by atoms with Crippen molar-refractivity contribution in [2.24, 2.45) is 5.73 Å². The normalized spacial score (nSPS) is 10.1. The number of hydrogen-bond acceptors (Lipinski definition) is 3. The first kappa shape index (κ1) is 13.9. The fraction of sp³-hybridized carbons (Fsp3) is 0.188. The van der Waals surface area contributed by atoms with E-state index in [1.165, 1.54) is 0 Å². The van der Waals surface area contributed by atoms with Crippen molar-refractivity contribution in [1.82, 2.24) is 0 Å². The fourth-order valence-electron chi connectivity index (χ4n) is 1.83. The second kappa shape index (κ2) is 6.61. The van der Waals surface area contributed by atoms with E-state index < -0.39 is 5.91 Å². The lowest BCUT2D eigenvalue weighted by molar-refractivity contribution is 0.100. The van der Waals surface area contributed by atoms with Gasteiger partial charge in [-0.1, -0.05) is 12.1 Å². The second-order valence-corrected chi connectivity index (χ2v) is 4.37. The zero-order valence-corrected chi connectivity index (χ0v) is 11.4. The molecule has 0 radical (unpaired) electrons. The molecule has 2 aromatic rings. The van der Waals surface area contributed by atoms with Gasteiger partial charge in [0.2, 0.25) is 5.91 Å². The van der Waals surface area contributed by atoms with Crippen LogP contribution in [0.2, 0.25) is 0 Å². The molecule has 0 heterocycles. The molecule has 0 saturated heterocycles. The summed E-state index contributed by atoms with van der Waals surface area (Å²) in [7, 11) is 0. The van der Waals surface area contributed by atoms with E-state index in [4.69, 9.17) is 10.5 Å². The van der Waals surface area contributed by atoms with Crippen LogP contribution in [-0.4, -0.2) is 12.5 Å². The molecule has 0 bridgehead atoms. The van der Waals surface area contributed by atoms with Gasteiger partial charge in [-0.15, -0.1) is 0 Å². The molecule has 0 aromatic heterocycles. The van der Waals surface area contributed by atoms with Crippen molar-refractivity contribution in [1.29, 1.82) is 0 Å². The number of ether oxygens (including phenoxy) is 1. The van der Waals surface area contributed by atoms with Gasteiger partial charge < -0.3 is 15.8 Å². The van der Waals surface area contributed by atoms with Crippen LogP contribution >= 0.6 is 0 Å². The number of amides is 1. The first-order valence-corrected chi connectivity index (χ1v) is 6.54. The number of hydrogen-bond donors (Lipinski definition) is 2. The maximum Gasteiger partial charge on any atom is 0.248 e. The maximum absolute atomic E-state index is 11.0. The Morgan fingerprint density at radius 2 is 1.75 bits per heavy atom. The van der Waals surface area contributed by atoms with Crippen LogP contribution in [0.4, 0.5) is 5.69 Å². The highest BCUT2D eigenvalue weighted by molar-refractivity contribution is 5.92. The SMILES string of the molecule is CCOc1ccc(NCc2ccc(C(N)=O)cc2)cc1. The van der Waals surface area contributed by atoms with E-state index in [1.54, 1.807) is 12.1 Å². The van der Waals surface area contributed by atoms with Gasteiger partial charge in [0.1, 0.15) is 5.75 Å². The number of anilines is 1. The summed E-state index contributed by atoms with van der Waals surface area (Å²) >= 11 is 0. The Hall–Kier alpha value is -2.49. The predicted molar refractivity (Wildman–Crippen MR) is 79.9 cm³/mol. The Morgan fingerprint density at radius 3 is 2.30 bits per heavy atom. The second-order valence-electron chi connectivity index (χ2n) is 4.37. The van der Waals surface area contributed by atoms with Gasteiger partial charge in [0.25, 0.3) is 0 Å². The van der Waals surface area contributed by atoms with Crippen LogP contribution in [0.3, 0.4) is 0 Å². The van der Waals surface area contributed by atoms with Crippen molar-refractivity contribution < 1.29 is 9.53 Å². The Bertz CT molecular complexity index is 562. The van der Waals surface area contributed by atoms with Crippen molar-refractivity contribution in [3.8, 4) is 5.75 Å². The number of nitrogens with one attached hydrogen (secondary N) is 1. The summed E-state index contributed by atoms with van der Waals surface area (Å²) in [5.41, 5.74) is 7.83. The van der Waals surface area contributed by atoms with Gasteiger partial charge in [-0.05, 0) is 48.9 Å². The van der Waals surface area contributed by atoms with Gasteiger partial charge in [0.05, 0.1) is 6.61 Å². The van der Waals surface area contributed by atoms with Gasteiger partial charge in [0.15, 0.2) is 0 Å². The van der Waals surface area contributed by atoms with Crippen molar-refractivity contribution in [3.05, 3.63) is 59.7 Å². The highest BCUT2D eigenvalue weighted by Gasteiger charge is 2.00. The van der Waals surface area contributed by atoms with E-state index in [1.807, 2.05) is 43.3 Å². The third kappa shape index (κ3) is 3.75. The van der Waals surface area contributed by atoms with E-state index in [-0.39, 0.29) is 0 Å². The first-order chi connectivity index (χ1) is 9.69. The van der Waals surface area contributed by atoms with Crippen LogP contribution < -0.4 is 15.8 Å². The third-order valence-corrected chi connectivity index (χ3v) is 2.90. The van der Waals surface area contributed by atoms with Crippen LogP contribution in [0.1, 0.15) is 22.8 Å². The van der Waals surface area contributed by atoms with E-state index in [0.29, 0.717) is 18.7 Å². The molecular weight excluding hydrogens is 252 g/mol. The predicted octanol–water partition coefficient (Wildman–Crippen LogP) is 2.80. The van der Waals surface area contributed by atoms with Gasteiger partial charge in [-0.2, -0.15) is 0 Å². The average Bonchev–Trinajstić information content (AvgIpc) is 2.47. The summed E-state index contributed by atoms with van der Waals surface area (Å²) < 4.78 is 5.39. The zero-order valence-electron chi connectivity index (χ0n) is 11.4. The minimum absolute atomic E-state index is 0.406. The number of benzene rings is 2. The first-order valence-electron chi connectivity index (χ1n) is 6.54. The van der Waals surface area contributed by atoms with E-state index in [0.717, 1.165) is 17.0 Å². The van der Waals surface area contributed by atoms with E-state index in [9.17, 15) is 4.79 Å². The third-order valence-electron chi connectivity index (χ3n) is 2.90. The average molecular weight is 270 g/mol. The van der Waals surface area contributed by atoms with Crippen LogP contribution in [0, 0.1) is 0 Å². The molecule has 0 aliphatic carbocycles. The standard InChI is InChI=1S/C16H18N2O2/c1-2-20-15-9-7-14(8-10-15)18-11-12-3-5-13(6-4-12)16(17)19/h3-10,18H,2,11H2,1H3,(H2,17,19). The molecule has 20 heavy (non-hydrogen) atoms. The summed E-state index contributed by atoms with van der Waals surface area (Å²) in [6.45, 7) is 3.31. The molecule has 0 spiro atoms. The highest BCUT2D eigenvalue weighted by Crippen LogP contribution is 2.16. The monoisotopic (exact) mass is 270 g/mol. The Kier molecular flexibility index (Phi) is 4.60. The number of rotatable bonds is 6. The molecule has 0 unspecified atom stereocenters. The number of primary amides is 1. The molecule has 0 aliphatic rings. The molecular formula is C16H18N2O2. The van der Waals surface area contributed by atoms with E-state index >= 15 is 0 Å². The molecule has 2 aromatic carbocycles. The molecule has 1 amide bonds. The Balaban J connectivity index is 1.92. The number of nitrogens with two attached hydrogens (primary N) is 1. The minimum atomic E-state index is -0.406. The quantitative estimate of drug-likeness (QED) is 0.848. The largest absolute Gasteiger partial charge is 0.494 e. The molecule has 0 fully saturated rings. The van der Waals surface area contributed by atoms with Crippen molar-refractivity contribution in [3.63, 3.8) is 0 Å². The van der Waals surface area contributed by atoms with Gasteiger partial charge in [0, 0.05) is 17.8 Å². The van der Waals surface area contributed by atoms with Gasteiger partial charge >= 0.3 is 0 Å². The summed E-state index contributed by atoms with van der Waals surface area (Å²) in [6.07, 6.45) is 0. The lowest BCUT2D eigenvalue weighted by atomic mass is 10.1. The highest BCUT2D eigenvalue weighted by atomic mass is 16.5. The zero-order chi connectivity index (χ0) is 14.4. The Labute approximate surface area is 118 Å². The lowest BCUT2D eigenvalue weighted by Crippen LogP contribution is -2.10. The van der Waals surface area contributed by atoms with Crippen LogP contribution in [0.15, 0.2) is 48.5 Å². The van der Waals surface area contributed by atoms with E-state index in [2.05, 4.69) is 5.32 Å². The number of carbonyl (C=O) groups excluding carboxylic acids is 1. The molecule has 4 nitrogen and oxygen atoms in total. The van der Waals surface area contributed by atoms with Crippen molar-refractivity contribution in [2.75, 3.05) is 11.9 Å². The summed E-state index contributed by atoms with van der Waals surface area (Å²) in [5, 5.41) is 3.31. The molecule has 4 heteroatoms. The molecule has 104 valence electrons. The maximum atomic E-state index is 11.0. The fourth-order valence-corrected chi connectivity index (χ4v) is 1.83. The summed E-state index contributed by atoms with van der Waals surface area (Å²) in [6, 6.07) is 15.1. The molecule has 0 atom stereocenters. The smallest absolute Gasteiger partial charge is 0.248 e.